The van der Waals surface area contributed by atoms with Crippen LogP contribution in [0, 0.1) is 25.2 Å². The van der Waals surface area contributed by atoms with Crippen LogP contribution in [0.3, 0.4) is 0 Å². The molecule has 4 heteroatoms. The maximum absolute atomic E-state index is 12.2. The van der Waals surface area contributed by atoms with Gasteiger partial charge in [-0.15, -0.1) is 0 Å². The lowest BCUT2D eigenvalue weighted by Crippen LogP contribution is -2.18. The molecule has 0 radical (unpaired) electrons. The molecule has 144 valence electrons. The van der Waals surface area contributed by atoms with E-state index in [1.165, 1.54) is 0 Å². The number of esters is 1. The van der Waals surface area contributed by atoms with Gasteiger partial charge in [-0.25, -0.2) is 4.79 Å². The van der Waals surface area contributed by atoms with Crippen LogP contribution in [0.2, 0.25) is 0 Å². The molecule has 0 heterocycles. The van der Waals surface area contributed by atoms with Crippen molar-refractivity contribution in [3.05, 3.63) is 95.1 Å². The molecule has 0 aliphatic heterocycles. The summed E-state index contributed by atoms with van der Waals surface area (Å²) in [7, 11) is 0. The number of carbonyl (C=O) groups excluding carboxylic acids is 1. The van der Waals surface area contributed by atoms with Gasteiger partial charge in [0, 0.05) is 0 Å². The first-order chi connectivity index (χ1) is 14.1. The van der Waals surface area contributed by atoms with E-state index in [-0.39, 0.29) is 6.61 Å². The molecule has 0 bridgehead atoms. The second kappa shape index (κ2) is 9.38. The molecule has 3 aromatic carbocycles. The summed E-state index contributed by atoms with van der Waals surface area (Å²) in [5.41, 5.74) is 4.23. The third kappa shape index (κ3) is 5.33. The quantitative estimate of drug-likeness (QED) is 0.249. The van der Waals surface area contributed by atoms with Gasteiger partial charge in [-0.05, 0) is 60.4 Å². The van der Waals surface area contributed by atoms with E-state index >= 15 is 0 Å². The Bertz CT molecular complexity index is 1080. The zero-order valence-corrected chi connectivity index (χ0v) is 16.4. The fourth-order valence-electron chi connectivity index (χ4n) is 2.81. The van der Waals surface area contributed by atoms with Crippen LogP contribution in [0.1, 0.15) is 22.3 Å². The van der Waals surface area contributed by atoms with Gasteiger partial charge in [0.1, 0.15) is 11.5 Å². The molecule has 0 N–H and O–H groups in total. The van der Waals surface area contributed by atoms with Crippen LogP contribution in [-0.4, -0.2) is 12.6 Å². The predicted molar refractivity (Wildman–Crippen MR) is 113 cm³/mol. The van der Waals surface area contributed by atoms with E-state index in [4.69, 9.17) is 9.47 Å². The van der Waals surface area contributed by atoms with Crippen LogP contribution < -0.4 is 9.47 Å². The van der Waals surface area contributed by atoms with Crippen LogP contribution >= 0.6 is 0 Å². The van der Waals surface area contributed by atoms with Crippen molar-refractivity contribution < 1.29 is 14.3 Å². The Morgan fingerprint density at radius 1 is 1.00 bits per heavy atom. The molecule has 29 heavy (non-hydrogen) atoms. The SMILES string of the molecule is Cc1cccc(OCC(=O)Oc2cccc(/C=C(/C#N)c3ccccc3)c2)c1C. The van der Waals surface area contributed by atoms with Gasteiger partial charge in [-0.2, -0.15) is 5.26 Å². The van der Waals surface area contributed by atoms with Crippen molar-refractivity contribution in [2.75, 3.05) is 6.61 Å². The number of benzene rings is 3. The predicted octanol–water partition coefficient (Wildman–Crippen LogP) is 5.35. The van der Waals surface area contributed by atoms with Gasteiger partial charge in [-0.1, -0.05) is 54.6 Å². The number of nitrogens with zero attached hydrogens (tertiary/aromatic N) is 1. The molecule has 0 aliphatic rings. The summed E-state index contributed by atoms with van der Waals surface area (Å²) in [5.74, 6) is 0.578. The molecule has 0 atom stereocenters. The Hall–Kier alpha value is -3.84. The van der Waals surface area contributed by atoms with Crippen molar-refractivity contribution in [2.45, 2.75) is 13.8 Å². The van der Waals surface area contributed by atoms with Gasteiger partial charge >= 0.3 is 5.97 Å². The number of ether oxygens (including phenoxy) is 2. The van der Waals surface area contributed by atoms with Crippen molar-refractivity contribution in [3.63, 3.8) is 0 Å². The Morgan fingerprint density at radius 2 is 1.76 bits per heavy atom. The Kier molecular flexibility index (Phi) is 6.44. The zero-order valence-electron chi connectivity index (χ0n) is 16.4. The summed E-state index contributed by atoms with van der Waals surface area (Å²) in [6.07, 6.45) is 1.76. The Balaban J connectivity index is 1.68. The molecular weight excluding hydrogens is 362 g/mol. The molecule has 0 aliphatic carbocycles. The van der Waals surface area contributed by atoms with Gasteiger partial charge in [0.25, 0.3) is 0 Å². The number of allylic oxidation sites excluding steroid dienone is 1. The van der Waals surface area contributed by atoms with Crippen LogP contribution in [0.25, 0.3) is 11.6 Å². The Labute approximate surface area is 170 Å². The number of nitriles is 1. The topological polar surface area (TPSA) is 59.3 Å². The fourth-order valence-corrected chi connectivity index (χ4v) is 2.81. The first-order valence-electron chi connectivity index (χ1n) is 9.24. The first kappa shape index (κ1) is 19.9. The third-order valence-electron chi connectivity index (χ3n) is 4.51. The van der Waals surface area contributed by atoms with Crippen LogP contribution in [0.5, 0.6) is 11.5 Å². The van der Waals surface area contributed by atoms with Crippen LogP contribution in [0.15, 0.2) is 72.8 Å². The second-order valence-corrected chi connectivity index (χ2v) is 6.57. The average molecular weight is 383 g/mol. The van der Waals surface area contributed by atoms with Gasteiger partial charge in [0.05, 0.1) is 11.6 Å². The van der Waals surface area contributed by atoms with Gasteiger partial charge in [0.15, 0.2) is 6.61 Å². The second-order valence-electron chi connectivity index (χ2n) is 6.57. The molecule has 0 fully saturated rings. The number of hydrogen-bond acceptors (Lipinski definition) is 4. The minimum absolute atomic E-state index is 0.183. The lowest BCUT2D eigenvalue weighted by atomic mass is 10.0. The number of hydrogen-bond donors (Lipinski definition) is 0. The maximum Gasteiger partial charge on any atom is 0.349 e. The molecule has 3 aromatic rings. The molecule has 0 unspecified atom stereocenters. The summed E-state index contributed by atoms with van der Waals surface area (Å²) < 4.78 is 11.0. The van der Waals surface area contributed by atoms with Crippen molar-refractivity contribution in [1.29, 1.82) is 5.26 Å². The molecule has 0 saturated heterocycles. The summed E-state index contributed by atoms with van der Waals surface area (Å²) in [5, 5.41) is 9.46. The highest BCUT2D eigenvalue weighted by Gasteiger charge is 2.09. The number of rotatable bonds is 6. The fraction of sp³-hybridized carbons (Fsp3) is 0.120. The molecule has 0 aromatic heterocycles. The van der Waals surface area contributed by atoms with E-state index in [2.05, 4.69) is 6.07 Å². The first-order valence-corrected chi connectivity index (χ1v) is 9.24. The molecular formula is C25H21NO3. The zero-order chi connectivity index (χ0) is 20.6. The molecule has 0 amide bonds. The maximum atomic E-state index is 12.2. The lowest BCUT2D eigenvalue weighted by molar-refractivity contribution is -0.136. The lowest BCUT2D eigenvalue weighted by Gasteiger charge is -2.10. The van der Waals surface area contributed by atoms with Crippen LogP contribution in [0.4, 0.5) is 0 Å². The smallest absolute Gasteiger partial charge is 0.349 e. The van der Waals surface area contributed by atoms with E-state index in [9.17, 15) is 10.1 Å². The number of carbonyl (C=O) groups is 1. The van der Waals surface area contributed by atoms with E-state index in [1.807, 2.05) is 68.4 Å². The summed E-state index contributed by atoms with van der Waals surface area (Å²) in [4.78, 5) is 12.2. The Morgan fingerprint density at radius 3 is 2.52 bits per heavy atom. The standard InChI is InChI=1S/C25H21NO3/c1-18-8-6-13-24(19(18)2)28-17-25(27)29-23-12-7-9-20(15-23)14-22(16-26)21-10-4-3-5-11-21/h3-15H,17H2,1-2H3/b22-14-. The van der Waals surface area contributed by atoms with E-state index in [0.717, 1.165) is 22.3 Å². The van der Waals surface area contributed by atoms with Crippen molar-refractivity contribution in [1.82, 2.24) is 0 Å². The molecule has 0 saturated carbocycles. The molecule has 3 rings (SSSR count). The van der Waals surface area contributed by atoms with Crippen molar-refractivity contribution in [2.24, 2.45) is 0 Å². The van der Waals surface area contributed by atoms with E-state index in [1.54, 1.807) is 24.3 Å². The monoisotopic (exact) mass is 383 g/mol. The van der Waals surface area contributed by atoms with Crippen LogP contribution in [-0.2, 0) is 4.79 Å². The number of aryl methyl sites for hydroxylation is 1. The minimum Gasteiger partial charge on any atom is -0.482 e. The average Bonchev–Trinajstić information content (AvgIpc) is 2.74. The highest BCUT2D eigenvalue weighted by molar-refractivity contribution is 5.89. The molecule has 0 spiro atoms. The summed E-state index contributed by atoms with van der Waals surface area (Å²) >= 11 is 0. The summed E-state index contributed by atoms with van der Waals surface area (Å²) in [6.45, 7) is 3.76. The highest BCUT2D eigenvalue weighted by Crippen LogP contribution is 2.22. The van der Waals surface area contributed by atoms with E-state index in [0.29, 0.717) is 17.1 Å². The summed E-state index contributed by atoms with van der Waals surface area (Å²) in [6, 6.07) is 24.4. The minimum atomic E-state index is -0.490. The highest BCUT2D eigenvalue weighted by atomic mass is 16.6. The third-order valence-corrected chi connectivity index (χ3v) is 4.51. The molecule has 4 nitrogen and oxygen atoms in total. The van der Waals surface area contributed by atoms with Gasteiger partial charge in [0.2, 0.25) is 0 Å². The van der Waals surface area contributed by atoms with Gasteiger partial charge < -0.3 is 9.47 Å². The van der Waals surface area contributed by atoms with Crippen molar-refractivity contribution in [3.8, 4) is 17.6 Å². The van der Waals surface area contributed by atoms with Crippen molar-refractivity contribution >= 4 is 17.6 Å². The van der Waals surface area contributed by atoms with E-state index < -0.39 is 5.97 Å². The normalized spacial score (nSPS) is 10.9. The largest absolute Gasteiger partial charge is 0.482 e. The van der Waals surface area contributed by atoms with Gasteiger partial charge in [-0.3, -0.25) is 0 Å².